The lowest BCUT2D eigenvalue weighted by Crippen LogP contribution is -2.63. The van der Waals surface area contributed by atoms with Gasteiger partial charge in [0.05, 0.1) is 55.6 Å². The Morgan fingerprint density at radius 3 is 0.823 bits per heavy atom. The van der Waals surface area contributed by atoms with E-state index in [1.807, 2.05) is 30.5 Å². The van der Waals surface area contributed by atoms with Crippen molar-refractivity contribution >= 4 is 71.3 Å². The number of esters is 10. The Morgan fingerprint density at radius 1 is 0.305 bits per heavy atom. The van der Waals surface area contributed by atoms with Gasteiger partial charge in [0.25, 0.3) is 0 Å². The summed E-state index contributed by atoms with van der Waals surface area (Å²) in [7, 11) is 4.19. The van der Waals surface area contributed by atoms with Crippen molar-refractivity contribution in [3.05, 3.63) is 242 Å². The van der Waals surface area contributed by atoms with Crippen LogP contribution >= 0.6 is 11.6 Å². The van der Waals surface area contributed by atoms with Gasteiger partial charge < -0.3 is 185 Å². The molecule has 0 aliphatic carbocycles. The van der Waals surface area contributed by atoms with Gasteiger partial charge in [-0.25, -0.2) is 47.9 Å². The maximum Gasteiger partial charge on any atom is 0.343 e. The molecule has 12 aromatic rings. The van der Waals surface area contributed by atoms with Gasteiger partial charge in [0, 0.05) is 22.8 Å². The molecule has 0 saturated carbocycles. The molecule has 0 spiro atoms. The molecule has 1 fully saturated rings. The normalized spacial score (nSPS) is 14.4. The van der Waals surface area contributed by atoms with Gasteiger partial charge in [-0.1, -0.05) is 29.8 Å². The first kappa shape index (κ1) is 100. The van der Waals surface area contributed by atoms with Gasteiger partial charge in [0.1, 0.15) is 12.7 Å². The number of phenols is 25. The minimum atomic E-state index is -3.12. The molecule has 25 N–H and O–H groups in total. The number of pyridine rings is 1. The average Bonchev–Trinajstić information content (AvgIpc) is 0.762. The van der Waals surface area contributed by atoms with Crippen molar-refractivity contribution < 1.29 is 228 Å². The van der Waals surface area contributed by atoms with Crippen LogP contribution in [0.4, 0.5) is 0 Å². The molecule has 1 aliphatic heterocycles. The third-order valence-corrected chi connectivity index (χ3v) is 20.3. The van der Waals surface area contributed by atoms with E-state index in [9.17, 15) is 161 Å². The molecule has 48 nitrogen and oxygen atoms in total. The van der Waals surface area contributed by atoms with Crippen molar-refractivity contribution in [2.75, 3.05) is 27.2 Å². The van der Waals surface area contributed by atoms with Crippen molar-refractivity contribution in [2.45, 2.75) is 43.0 Å². The summed E-state index contributed by atoms with van der Waals surface area (Å²) in [6.45, 7) is -0.676. The lowest BCUT2D eigenvalue weighted by molar-refractivity contribution is -0.282. The van der Waals surface area contributed by atoms with Gasteiger partial charge in [0.15, 0.2) is 156 Å². The molecular weight excluding hydrogens is 1900 g/mol. The van der Waals surface area contributed by atoms with Crippen molar-refractivity contribution in [1.82, 2.24) is 9.88 Å². The molecule has 0 bridgehead atoms. The van der Waals surface area contributed by atoms with Crippen LogP contribution in [0, 0.1) is 0 Å². The van der Waals surface area contributed by atoms with Crippen molar-refractivity contribution in [2.24, 2.45) is 0 Å². The Kier molecular flexibility index (Phi) is 29.6. The average molecular weight is 1980 g/mol. The summed E-state index contributed by atoms with van der Waals surface area (Å²) >= 11 is 5.97. The number of benzene rings is 11. The van der Waals surface area contributed by atoms with Crippen molar-refractivity contribution in [3.8, 4) is 172 Å². The molecule has 141 heavy (non-hydrogen) atoms. The second kappa shape index (κ2) is 41.5. The van der Waals surface area contributed by atoms with Crippen LogP contribution < -0.4 is 23.7 Å². The number of halogens is 1. The first-order chi connectivity index (χ1) is 66.5. The fourth-order valence-corrected chi connectivity index (χ4v) is 13.1. The molecule has 1 aliphatic rings. The van der Waals surface area contributed by atoms with Gasteiger partial charge in [-0.3, -0.25) is 4.98 Å². The minimum Gasteiger partial charge on any atom is -0.504 e. The number of aromatic nitrogens is 1. The molecule has 49 heteroatoms. The lowest BCUT2D eigenvalue weighted by atomic mass is 9.92. The molecule has 0 unspecified atom stereocenters. The predicted octanol–water partition coefficient (Wildman–Crippen LogP) is 8.66. The van der Waals surface area contributed by atoms with Crippen molar-refractivity contribution in [3.63, 3.8) is 0 Å². The topological polar surface area (TPSA) is 794 Å². The highest BCUT2D eigenvalue weighted by Gasteiger charge is 2.55. The number of hydrogen-bond acceptors (Lipinski definition) is 48. The van der Waals surface area contributed by atoms with Crippen LogP contribution in [0.1, 0.15) is 127 Å². The van der Waals surface area contributed by atoms with E-state index in [0.29, 0.717) is 127 Å². The number of nitrogens with zero attached hydrogens (tertiary/aromatic N) is 2. The highest BCUT2D eigenvalue weighted by Crippen LogP contribution is 2.48. The summed E-state index contributed by atoms with van der Waals surface area (Å²) in [4.78, 5) is 149. The van der Waals surface area contributed by atoms with Gasteiger partial charge in [0.2, 0.25) is 41.1 Å². The summed E-state index contributed by atoms with van der Waals surface area (Å²) in [5, 5.41) is 262. The van der Waals surface area contributed by atoms with Gasteiger partial charge in [-0.15, -0.1) is 0 Å². The predicted molar refractivity (Wildman–Crippen MR) is 464 cm³/mol. The number of ether oxygens (including phenoxy) is 11. The van der Waals surface area contributed by atoms with Crippen LogP contribution in [0.2, 0.25) is 5.02 Å². The van der Waals surface area contributed by atoms with Crippen LogP contribution in [-0.4, -0.2) is 255 Å². The number of carbonyl (C=O) groups is 10. The Balaban J connectivity index is 0.000000831. The van der Waals surface area contributed by atoms with Crippen LogP contribution in [0.25, 0.3) is 0 Å². The number of phenolic OH excluding ortho intramolecular Hbond substituents is 25. The molecule has 1 saturated heterocycles. The fourth-order valence-electron chi connectivity index (χ4n) is 13.0. The summed E-state index contributed by atoms with van der Waals surface area (Å²) < 4.78 is 60.4. The highest BCUT2D eigenvalue weighted by atomic mass is 35.5. The maximum absolute atomic E-state index is 15.3. The molecule has 1 aromatic heterocycles. The zero-order valence-corrected chi connectivity index (χ0v) is 72.0. The van der Waals surface area contributed by atoms with E-state index in [1.54, 1.807) is 0 Å². The van der Waals surface area contributed by atoms with E-state index in [0.717, 1.165) is 23.7 Å². The smallest absolute Gasteiger partial charge is 0.343 e. The molecule has 13 rings (SSSR count). The Morgan fingerprint density at radius 2 is 0.553 bits per heavy atom. The maximum atomic E-state index is 15.3. The molecule has 11 aromatic carbocycles. The number of hydrogen-bond donors (Lipinski definition) is 25. The quantitative estimate of drug-likeness (QED) is 0.0104. The first-order valence-electron chi connectivity index (χ1n) is 39.7. The number of rotatable bonds is 26. The van der Waals surface area contributed by atoms with Crippen LogP contribution in [0.3, 0.4) is 0 Å². The summed E-state index contributed by atoms with van der Waals surface area (Å²) in [6.07, 6.45) is -12.2. The second-order valence-electron chi connectivity index (χ2n) is 30.1. The fraction of sp³-hybridized carbons (Fsp3) is 0.120. The SMILES string of the molecule is CN(C)CC[C@@H](c1ccc(Cl)cc1)c1ccccn1.O=C(OC[C@H]1O[C@@H](OC(=O)c2cc(O)c(O)c(OC(=O)c3cc(O)c(O)c(O)c3)c2)[C@H](OC(=O)c2cc(O)c(O)c(OC(=O)c3cc(O)c(O)c(O)c3)c2)[C@@H](OC(=O)c2cc(O)c(O)c(OC(=O)c3cc(O)c(O)c(O)c3)c2)[C@@H]1OC(=O)c1cc(O)c(O)c(OC(=O)c2cc(O)c(O)c(O)c2)c1)c1cc(O)c(O)c(OC(=O)c2cc(O)c(O)c(O)c2)c1. The first-order valence-corrected chi connectivity index (χ1v) is 40.0. The van der Waals surface area contributed by atoms with Crippen LogP contribution in [0.5, 0.6) is 172 Å². The molecular formula is C92H71ClN2O46. The summed E-state index contributed by atoms with van der Waals surface area (Å²) in [6, 6.07) is 22.7. The third kappa shape index (κ3) is 22.8. The van der Waals surface area contributed by atoms with E-state index in [2.05, 4.69) is 42.2 Å². The van der Waals surface area contributed by atoms with Gasteiger partial charge in [-0.05, 0) is 178 Å². The van der Waals surface area contributed by atoms with Gasteiger partial charge in [-0.2, -0.15) is 0 Å². The van der Waals surface area contributed by atoms with E-state index < -0.39 is 325 Å². The lowest BCUT2D eigenvalue weighted by Gasteiger charge is -2.43. The van der Waals surface area contributed by atoms with E-state index in [-0.39, 0.29) is 0 Å². The molecule has 2 heterocycles. The Labute approximate surface area is 790 Å². The molecule has 732 valence electrons. The summed E-state index contributed by atoms with van der Waals surface area (Å²) in [5.41, 5.74) is -7.50. The zero-order valence-electron chi connectivity index (χ0n) is 71.3. The summed E-state index contributed by atoms with van der Waals surface area (Å²) in [5.74, 6) is -55.6. The highest BCUT2D eigenvalue weighted by molar-refractivity contribution is 6.30. The third-order valence-electron chi connectivity index (χ3n) is 20.1. The van der Waals surface area contributed by atoms with Crippen LogP contribution in [0.15, 0.2) is 170 Å². The second-order valence-corrected chi connectivity index (χ2v) is 30.5. The Bertz CT molecular complexity index is 6910. The molecule has 6 atom stereocenters. The van der Waals surface area contributed by atoms with E-state index in [4.69, 9.17) is 63.7 Å². The standard InChI is InChI=1S/C76H52O46.C16H19ClN2/c77-32-1-22(2-33(78)53(32)92)67(103)113-47-16-27(11-42(87)58(47)97)66(102)112-21-52-63(119-72(108)28-12-43(88)59(98)48(17-28)114-68(104)23-3-34(79)54(93)35(80)4-23)64(120-73(109)29-13-44(89)60(99)49(18-29)115-69(105)24-5-36(81)55(94)37(82)6-24)65(121-74(110)30-14-45(90)61(100)50(19-30)116-70(106)25-7-38(83)56(95)39(84)8-25)76(118-52)122-75(111)31-15-46(91)62(101)51(20-31)117-71(107)26-9-40(85)57(96)41(86)10-26;1-19(2)12-10-15(16-5-3-4-11-18-16)13-6-8-14(17)9-7-13/h1-20,52,63-65,76-101H,21H2;3-9,11,15H,10,12H2,1-2H3/t52-,63-,64+,65-,76+;15-/m10/s1. The Hall–Kier alpha value is -19.5. The van der Waals surface area contributed by atoms with Crippen LogP contribution in [-0.2, 0) is 28.4 Å². The van der Waals surface area contributed by atoms with E-state index in [1.165, 1.54) is 5.56 Å². The monoisotopic (exact) mass is 1970 g/mol. The molecule has 0 radical (unpaired) electrons. The number of carbonyl (C=O) groups excluding carboxylic acids is 10. The van der Waals surface area contributed by atoms with Gasteiger partial charge >= 0.3 is 59.7 Å². The van der Waals surface area contributed by atoms with Crippen molar-refractivity contribution in [1.29, 1.82) is 0 Å². The van der Waals surface area contributed by atoms with E-state index >= 15 is 14.4 Å². The minimum absolute atomic E-state index is 0.295. The number of aromatic hydroxyl groups is 25. The largest absolute Gasteiger partial charge is 0.504 e. The molecule has 0 amide bonds. The zero-order chi connectivity index (χ0) is 103.